The van der Waals surface area contributed by atoms with Crippen LogP contribution in [0.3, 0.4) is 0 Å². The molecule has 326 valence electrons. The molecule has 0 bridgehead atoms. The lowest BCUT2D eigenvalue weighted by molar-refractivity contribution is -0.0713. The van der Waals surface area contributed by atoms with Crippen molar-refractivity contribution in [3.8, 4) is 0 Å². The van der Waals surface area contributed by atoms with E-state index in [0.29, 0.717) is 56.0 Å². The predicted molar refractivity (Wildman–Crippen MR) is 236 cm³/mol. The largest absolute Gasteiger partial charge is 0.379 e. The van der Waals surface area contributed by atoms with E-state index < -0.39 is 0 Å². The summed E-state index contributed by atoms with van der Waals surface area (Å²) in [5, 5.41) is 0. The molecule has 1 aliphatic heterocycles. The minimum Gasteiger partial charge on any atom is -0.379 e. The van der Waals surface area contributed by atoms with Gasteiger partial charge in [0.2, 0.25) is 0 Å². The lowest BCUT2D eigenvalue weighted by atomic mass is 9.47. The molecule has 5 nitrogen and oxygen atoms in total. The lowest BCUT2D eigenvalue weighted by Crippen LogP contribution is -2.50. The summed E-state index contributed by atoms with van der Waals surface area (Å²) in [6.07, 6.45) is 37.5. The molecule has 9 unspecified atom stereocenters. The van der Waals surface area contributed by atoms with Crippen molar-refractivity contribution < 1.29 is 18.9 Å². The number of hydrogen-bond acceptors (Lipinski definition) is 5. The summed E-state index contributed by atoms with van der Waals surface area (Å²) in [7, 11) is 0. The van der Waals surface area contributed by atoms with Crippen molar-refractivity contribution in [2.45, 2.75) is 220 Å². The average Bonchev–Trinajstić information content (AvgIpc) is 3.75. The van der Waals surface area contributed by atoms with Crippen LogP contribution in [0.15, 0.2) is 11.6 Å². The summed E-state index contributed by atoms with van der Waals surface area (Å²) in [4.78, 5) is 2.59. The van der Waals surface area contributed by atoms with Crippen molar-refractivity contribution in [1.29, 1.82) is 0 Å². The molecule has 4 fully saturated rings. The highest BCUT2D eigenvalue weighted by molar-refractivity contribution is 5.25. The van der Waals surface area contributed by atoms with Gasteiger partial charge in [-0.2, -0.15) is 0 Å². The van der Waals surface area contributed by atoms with E-state index in [9.17, 15) is 0 Å². The Morgan fingerprint density at radius 1 is 0.750 bits per heavy atom. The normalized spacial score (nSPS) is 32.4. The summed E-state index contributed by atoms with van der Waals surface area (Å²) in [5.74, 6) is 4.57. The Kier molecular flexibility index (Phi) is 20.6. The number of nitrogens with zero attached hydrogens (tertiary/aromatic N) is 1. The number of unbranched alkanes of at least 4 members (excludes halogenated alkanes) is 11. The summed E-state index contributed by atoms with van der Waals surface area (Å²) >= 11 is 0. The molecular weight excluding hydrogens is 691 g/mol. The number of likely N-dealkylation sites (tertiary alicyclic amines) is 1. The molecule has 0 aromatic heterocycles. The molecule has 56 heavy (non-hydrogen) atoms. The van der Waals surface area contributed by atoms with E-state index in [0.717, 1.165) is 49.2 Å². The molecular formula is C51H93NO4. The van der Waals surface area contributed by atoms with Crippen LogP contribution in [0.5, 0.6) is 0 Å². The van der Waals surface area contributed by atoms with Gasteiger partial charge in [-0.3, -0.25) is 4.90 Å². The molecule has 3 saturated carbocycles. The average molecular weight is 784 g/mol. The minimum atomic E-state index is 0.121. The second kappa shape index (κ2) is 24.7. The maximum atomic E-state index is 6.50. The molecule has 0 spiro atoms. The minimum absolute atomic E-state index is 0.121. The number of hydrogen-bond donors (Lipinski definition) is 0. The molecule has 0 aromatic rings. The van der Waals surface area contributed by atoms with Crippen LogP contribution < -0.4 is 0 Å². The molecule has 0 N–H and O–H groups in total. The third-order valence-corrected chi connectivity index (χ3v) is 16.3. The van der Waals surface area contributed by atoms with E-state index in [1.807, 2.05) is 0 Å². The van der Waals surface area contributed by atoms with E-state index in [-0.39, 0.29) is 6.10 Å². The zero-order chi connectivity index (χ0) is 39.6. The summed E-state index contributed by atoms with van der Waals surface area (Å²) in [6.45, 7) is 21.1. The fourth-order valence-electron chi connectivity index (χ4n) is 12.7. The third-order valence-electron chi connectivity index (χ3n) is 16.3. The zero-order valence-corrected chi connectivity index (χ0v) is 38.1. The molecule has 0 amide bonds. The van der Waals surface area contributed by atoms with Crippen LogP contribution >= 0.6 is 0 Å². The Hall–Kier alpha value is -0.460. The quantitative estimate of drug-likeness (QED) is 0.0558. The Morgan fingerprint density at radius 2 is 1.50 bits per heavy atom. The first-order valence-corrected chi connectivity index (χ1v) is 25.1. The van der Waals surface area contributed by atoms with Crippen molar-refractivity contribution in [2.75, 3.05) is 52.7 Å². The smallest absolute Gasteiger partial charge is 0.0936 e. The Balaban J connectivity index is 0.937. The number of ether oxygens (including phenoxy) is 4. The number of fused-ring (bicyclic) bond motifs is 5. The summed E-state index contributed by atoms with van der Waals surface area (Å²) < 4.78 is 25.2. The number of allylic oxidation sites excluding steroid dienone is 1. The standard InChI is InChI=1S/C51H93NO4/c1-7-8-9-10-11-12-13-14-15-16-19-33-54-40-46(39-52-32-20-22-42(52)4)56-37-35-53-34-36-55-45-28-30-51(6)44(38-45)24-26-47-48-27-25-43(23-18-17-21-41(2)3)50(48,5)31-29-49(47)51/h24,41-43,45-49H,7-23,25-40H2,1-6H3. The highest BCUT2D eigenvalue weighted by atomic mass is 16.6. The van der Waals surface area contributed by atoms with Gasteiger partial charge in [-0.25, -0.2) is 0 Å². The fourth-order valence-corrected chi connectivity index (χ4v) is 12.7. The Morgan fingerprint density at radius 3 is 2.23 bits per heavy atom. The molecule has 4 aliphatic carbocycles. The van der Waals surface area contributed by atoms with Crippen molar-refractivity contribution in [3.63, 3.8) is 0 Å². The van der Waals surface area contributed by atoms with E-state index >= 15 is 0 Å². The topological polar surface area (TPSA) is 40.2 Å². The van der Waals surface area contributed by atoms with Crippen LogP contribution in [0.2, 0.25) is 0 Å². The van der Waals surface area contributed by atoms with Gasteiger partial charge in [0.15, 0.2) is 0 Å². The molecule has 5 aliphatic rings. The third kappa shape index (κ3) is 13.8. The first-order chi connectivity index (χ1) is 27.2. The second-order valence-electron chi connectivity index (χ2n) is 20.7. The van der Waals surface area contributed by atoms with Crippen LogP contribution in [-0.4, -0.2) is 75.9 Å². The monoisotopic (exact) mass is 784 g/mol. The first kappa shape index (κ1) is 46.6. The van der Waals surface area contributed by atoms with Gasteiger partial charge in [-0.1, -0.05) is 130 Å². The Labute approximate surface area is 347 Å². The van der Waals surface area contributed by atoms with E-state index in [4.69, 9.17) is 18.9 Å². The molecule has 5 heteroatoms. The van der Waals surface area contributed by atoms with Gasteiger partial charge in [0.25, 0.3) is 0 Å². The van der Waals surface area contributed by atoms with Crippen molar-refractivity contribution in [1.82, 2.24) is 4.90 Å². The first-order valence-electron chi connectivity index (χ1n) is 25.1. The van der Waals surface area contributed by atoms with Crippen LogP contribution in [0.4, 0.5) is 0 Å². The van der Waals surface area contributed by atoms with Gasteiger partial charge in [0.05, 0.1) is 45.2 Å². The highest BCUT2D eigenvalue weighted by Crippen LogP contribution is 2.66. The van der Waals surface area contributed by atoms with Gasteiger partial charge < -0.3 is 18.9 Å². The maximum absolute atomic E-state index is 6.50. The zero-order valence-electron chi connectivity index (χ0n) is 38.1. The van der Waals surface area contributed by atoms with Crippen LogP contribution in [0.1, 0.15) is 202 Å². The van der Waals surface area contributed by atoms with Crippen LogP contribution in [0.25, 0.3) is 0 Å². The maximum Gasteiger partial charge on any atom is 0.0936 e. The SMILES string of the molecule is CCCCCCCCCCCCCOCC(CN1CCCC1C)OCCOCCOC1CCC2(C)C(=CCC3C2CCC2(C)C(CCCCC(C)C)CCC32)C1. The van der Waals surface area contributed by atoms with E-state index in [2.05, 4.69) is 52.5 Å². The number of rotatable bonds is 29. The van der Waals surface area contributed by atoms with Crippen LogP contribution in [-0.2, 0) is 18.9 Å². The van der Waals surface area contributed by atoms with Crippen LogP contribution in [0, 0.1) is 40.4 Å². The van der Waals surface area contributed by atoms with Crippen molar-refractivity contribution in [2.24, 2.45) is 40.4 Å². The van der Waals surface area contributed by atoms with E-state index in [1.54, 1.807) is 5.57 Å². The molecule has 9 atom stereocenters. The van der Waals surface area contributed by atoms with Gasteiger partial charge in [0, 0.05) is 19.2 Å². The molecule has 1 heterocycles. The van der Waals surface area contributed by atoms with E-state index in [1.165, 1.54) is 161 Å². The molecule has 1 saturated heterocycles. The fraction of sp³-hybridized carbons (Fsp3) is 0.961. The lowest BCUT2D eigenvalue weighted by Gasteiger charge is -2.58. The van der Waals surface area contributed by atoms with Gasteiger partial charge in [-0.05, 0) is 131 Å². The summed E-state index contributed by atoms with van der Waals surface area (Å²) in [5.41, 5.74) is 2.73. The Bertz CT molecular complexity index is 1090. The van der Waals surface area contributed by atoms with Gasteiger partial charge >= 0.3 is 0 Å². The van der Waals surface area contributed by atoms with Gasteiger partial charge in [-0.15, -0.1) is 0 Å². The predicted octanol–water partition coefficient (Wildman–Crippen LogP) is 13.4. The molecule has 0 radical (unpaired) electrons. The highest BCUT2D eigenvalue weighted by Gasteiger charge is 2.58. The van der Waals surface area contributed by atoms with Crippen molar-refractivity contribution in [3.05, 3.63) is 11.6 Å². The van der Waals surface area contributed by atoms with Gasteiger partial charge in [0.1, 0.15) is 0 Å². The molecule has 0 aromatic carbocycles. The molecule has 5 rings (SSSR count). The second-order valence-corrected chi connectivity index (χ2v) is 20.7. The summed E-state index contributed by atoms with van der Waals surface area (Å²) in [6, 6.07) is 0.650. The van der Waals surface area contributed by atoms with Crippen molar-refractivity contribution >= 4 is 0 Å².